The van der Waals surface area contributed by atoms with Gasteiger partial charge in [0.05, 0.1) is 5.69 Å². The molecule has 3 nitrogen and oxygen atoms in total. The summed E-state index contributed by atoms with van der Waals surface area (Å²) in [5, 5.41) is 21.4. The van der Waals surface area contributed by atoms with Crippen LogP contribution in [0.5, 0.6) is 11.5 Å². The highest BCUT2D eigenvalue weighted by Crippen LogP contribution is 2.26. The zero-order valence-electron chi connectivity index (χ0n) is 9.32. The van der Waals surface area contributed by atoms with E-state index in [1.54, 1.807) is 18.2 Å². The number of hydrogen-bond donors (Lipinski definition) is 3. The summed E-state index contributed by atoms with van der Waals surface area (Å²) in [6.07, 6.45) is 0. The van der Waals surface area contributed by atoms with E-state index in [0.29, 0.717) is 12.2 Å². The van der Waals surface area contributed by atoms with Crippen molar-refractivity contribution in [2.75, 3.05) is 5.32 Å². The van der Waals surface area contributed by atoms with Gasteiger partial charge in [0.1, 0.15) is 5.82 Å². The lowest BCUT2D eigenvalue weighted by atomic mass is 10.2. The van der Waals surface area contributed by atoms with Gasteiger partial charge in [-0.05, 0) is 35.9 Å². The van der Waals surface area contributed by atoms with Crippen LogP contribution in [0.3, 0.4) is 0 Å². The predicted octanol–water partition coefficient (Wildman–Crippen LogP) is 3.61. The number of anilines is 1. The van der Waals surface area contributed by atoms with Crippen LogP contribution < -0.4 is 5.32 Å². The van der Waals surface area contributed by atoms with Crippen molar-refractivity contribution in [1.29, 1.82) is 0 Å². The number of hydrogen-bond acceptors (Lipinski definition) is 3. The Balaban J connectivity index is 2.11. The van der Waals surface area contributed by atoms with E-state index < -0.39 is 0 Å². The third-order valence-corrected chi connectivity index (χ3v) is 2.94. The highest BCUT2D eigenvalue weighted by molar-refractivity contribution is 9.10. The summed E-state index contributed by atoms with van der Waals surface area (Å²) in [4.78, 5) is 0. The topological polar surface area (TPSA) is 52.5 Å². The minimum absolute atomic E-state index is 0.174. The molecule has 0 bridgehead atoms. The molecule has 0 saturated carbocycles. The molecule has 94 valence electrons. The second-order valence-corrected chi connectivity index (χ2v) is 4.72. The van der Waals surface area contributed by atoms with Gasteiger partial charge in [-0.2, -0.15) is 0 Å². The summed E-state index contributed by atoms with van der Waals surface area (Å²) >= 11 is 3.26. The van der Waals surface area contributed by atoms with Gasteiger partial charge in [0.15, 0.2) is 11.5 Å². The van der Waals surface area contributed by atoms with E-state index in [1.807, 2.05) is 0 Å². The van der Waals surface area contributed by atoms with E-state index >= 15 is 0 Å². The van der Waals surface area contributed by atoms with Crippen molar-refractivity contribution in [3.8, 4) is 11.5 Å². The van der Waals surface area contributed by atoms with E-state index in [9.17, 15) is 14.6 Å². The van der Waals surface area contributed by atoms with Crippen LogP contribution >= 0.6 is 15.9 Å². The number of halogens is 2. The Kier molecular flexibility index (Phi) is 3.72. The van der Waals surface area contributed by atoms with E-state index in [-0.39, 0.29) is 17.3 Å². The molecule has 0 aliphatic rings. The van der Waals surface area contributed by atoms with Gasteiger partial charge in [-0.15, -0.1) is 0 Å². The van der Waals surface area contributed by atoms with Crippen molar-refractivity contribution in [2.45, 2.75) is 6.54 Å². The lowest BCUT2D eigenvalue weighted by Gasteiger charge is -2.09. The zero-order chi connectivity index (χ0) is 13.1. The molecule has 3 N–H and O–H groups in total. The maximum absolute atomic E-state index is 13.4. The molecular formula is C13H11BrFNO2. The van der Waals surface area contributed by atoms with Gasteiger partial charge < -0.3 is 15.5 Å². The molecule has 0 radical (unpaired) electrons. The molecule has 0 atom stereocenters. The van der Waals surface area contributed by atoms with Gasteiger partial charge in [-0.1, -0.05) is 22.0 Å². The zero-order valence-corrected chi connectivity index (χ0v) is 10.9. The standard InChI is InChI=1S/C13H11BrFNO2/c14-9-2-3-10(15)11(6-9)16-7-8-1-4-12(17)13(18)5-8/h1-6,16-18H,7H2. The van der Waals surface area contributed by atoms with E-state index in [1.165, 1.54) is 18.2 Å². The molecule has 2 aromatic rings. The molecule has 0 aromatic heterocycles. The molecule has 5 heteroatoms. The van der Waals surface area contributed by atoms with Crippen molar-refractivity contribution >= 4 is 21.6 Å². The van der Waals surface area contributed by atoms with Gasteiger partial charge in [-0.25, -0.2) is 4.39 Å². The molecule has 0 unspecified atom stereocenters. The van der Waals surface area contributed by atoms with Crippen LogP contribution in [0.25, 0.3) is 0 Å². The lowest BCUT2D eigenvalue weighted by molar-refractivity contribution is 0.403. The van der Waals surface area contributed by atoms with Gasteiger partial charge in [0.25, 0.3) is 0 Å². The molecule has 2 aromatic carbocycles. The Hall–Kier alpha value is -1.75. The van der Waals surface area contributed by atoms with Crippen LogP contribution in [-0.2, 0) is 6.54 Å². The predicted molar refractivity (Wildman–Crippen MR) is 71.2 cm³/mol. The van der Waals surface area contributed by atoms with Gasteiger partial charge >= 0.3 is 0 Å². The molecule has 0 amide bonds. The summed E-state index contributed by atoms with van der Waals surface area (Å²) in [6.45, 7) is 0.348. The van der Waals surface area contributed by atoms with Crippen LogP contribution in [0.15, 0.2) is 40.9 Å². The average molecular weight is 312 g/mol. The number of phenols is 2. The van der Waals surface area contributed by atoms with Crippen LogP contribution in [0, 0.1) is 5.82 Å². The third-order valence-electron chi connectivity index (χ3n) is 2.45. The number of aromatic hydroxyl groups is 2. The minimum atomic E-state index is -0.346. The van der Waals surface area contributed by atoms with Crippen LogP contribution in [0.2, 0.25) is 0 Å². The van der Waals surface area contributed by atoms with Gasteiger partial charge in [-0.3, -0.25) is 0 Å². The second-order valence-electron chi connectivity index (χ2n) is 3.80. The Morgan fingerprint density at radius 1 is 1.06 bits per heavy atom. The van der Waals surface area contributed by atoms with Crippen molar-refractivity contribution in [2.24, 2.45) is 0 Å². The molecule has 0 heterocycles. The molecule has 18 heavy (non-hydrogen) atoms. The largest absolute Gasteiger partial charge is 0.504 e. The SMILES string of the molecule is Oc1ccc(CNc2cc(Br)ccc2F)cc1O. The summed E-state index contributed by atoms with van der Waals surface area (Å²) in [5.41, 5.74) is 1.11. The Morgan fingerprint density at radius 2 is 1.83 bits per heavy atom. The van der Waals surface area contributed by atoms with Crippen molar-refractivity contribution in [1.82, 2.24) is 0 Å². The number of benzene rings is 2. The highest BCUT2D eigenvalue weighted by atomic mass is 79.9. The fraction of sp³-hybridized carbons (Fsp3) is 0.0769. The highest BCUT2D eigenvalue weighted by Gasteiger charge is 2.04. The van der Waals surface area contributed by atoms with E-state index in [4.69, 9.17) is 0 Å². The molecule has 0 aliphatic carbocycles. The molecule has 0 saturated heterocycles. The Labute approximate surface area is 112 Å². The third kappa shape index (κ3) is 2.92. The maximum Gasteiger partial charge on any atom is 0.157 e. The summed E-state index contributed by atoms with van der Waals surface area (Å²) < 4.78 is 14.2. The first-order valence-electron chi connectivity index (χ1n) is 5.26. The van der Waals surface area contributed by atoms with E-state index in [2.05, 4.69) is 21.2 Å². The van der Waals surface area contributed by atoms with Gasteiger partial charge in [0, 0.05) is 11.0 Å². The summed E-state index contributed by atoms with van der Waals surface area (Å²) in [6, 6.07) is 9.09. The molecular weight excluding hydrogens is 301 g/mol. The van der Waals surface area contributed by atoms with Crippen LogP contribution in [-0.4, -0.2) is 10.2 Å². The second kappa shape index (κ2) is 5.27. The maximum atomic E-state index is 13.4. The van der Waals surface area contributed by atoms with E-state index in [0.717, 1.165) is 10.0 Å². The molecule has 0 fully saturated rings. The average Bonchev–Trinajstić information content (AvgIpc) is 2.34. The van der Waals surface area contributed by atoms with Crippen molar-refractivity contribution in [3.05, 3.63) is 52.3 Å². The van der Waals surface area contributed by atoms with Crippen molar-refractivity contribution in [3.63, 3.8) is 0 Å². The number of phenolic OH excluding ortho intramolecular Hbond substituents is 2. The number of nitrogens with one attached hydrogen (secondary N) is 1. The van der Waals surface area contributed by atoms with Gasteiger partial charge in [0.2, 0.25) is 0 Å². The quantitative estimate of drug-likeness (QED) is 0.759. The smallest absolute Gasteiger partial charge is 0.157 e. The lowest BCUT2D eigenvalue weighted by Crippen LogP contribution is -2.01. The molecule has 0 aliphatic heterocycles. The normalized spacial score (nSPS) is 10.3. The summed E-state index contributed by atoms with van der Waals surface area (Å²) in [7, 11) is 0. The first kappa shape index (κ1) is 12.7. The van der Waals surface area contributed by atoms with Crippen LogP contribution in [0.1, 0.15) is 5.56 Å². The Bertz CT molecular complexity index is 575. The molecule has 0 spiro atoms. The fourth-order valence-corrected chi connectivity index (χ4v) is 1.87. The first-order chi connectivity index (χ1) is 8.56. The first-order valence-corrected chi connectivity index (χ1v) is 6.05. The van der Waals surface area contributed by atoms with Crippen LogP contribution in [0.4, 0.5) is 10.1 Å². The minimum Gasteiger partial charge on any atom is -0.504 e. The van der Waals surface area contributed by atoms with Crippen molar-refractivity contribution < 1.29 is 14.6 Å². The summed E-state index contributed by atoms with van der Waals surface area (Å²) in [5.74, 6) is -0.711. The monoisotopic (exact) mass is 311 g/mol. The molecule has 2 rings (SSSR count). The Morgan fingerprint density at radius 3 is 2.56 bits per heavy atom. The number of rotatable bonds is 3. The fourth-order valence-electron chi connectivity index (χ4n) is 1.51.